The minimum Gasteiger partial charge on any atom is -0.489 e. The Morgan fingerprint density at radius 2 is 2.12 bits per heavy atom. The van der Waals surface area contributed by atoms with Crippen LogP contribution in [0.3, 0.4) is 0 Å². The first-order valence-electron chi connectivity index (χ1n) is 7.90. The minimum atomic E-state index is -0.203. The number of fused-ring (bicyclic) bond motifs is 1. The normalized spacial score (nSPS) is 11.8. The molecule has 0 atom stereocenters. The van der Waals surface area contributed by atoms with Crippen LogP contribution in [0.15, 0.2) is 66.2 Å². The van der Waals surface area contributed by atoms with E-state index in [1.54, 1.807) is 24.5 Å². The van der Waals surface area contributed by atoms with Gasteiger partial charge in [0.2, 0.25) is 4.96 Å². The molecule has 0 aliphatic rings. The van der Waals surface area contributed by atoms with E-state index >= 15 is 0 Å². The van der Waals surface area contributed by atoms with E-state index in [0.717, 1.165) is 11.1 Å². The highest BCUT2D eigenvalue weighted by Gasteiger charge is 2.12. The van der Waals surface area contributed by atoms with Crippen molar-refractivity contribution in [3.8, 4) is 17.1 Å². The number of aromatic nitrogens is 4. The lowest BCUT2D eigenvalue weighted by Crippen LogP contribution is -2.23. The minimum absolute atomic E-state index is 0.203. The van der Waals surface area contributed by atoms with Gasteiger partial charge in [-0.2, -0.15) is 9.50 Å². The maximum Gasteiger partial charge on any atom is 0.291 e. The summed E-state index contributed by atoms with van der Waals surface area (Å²) in [6.07, 6.45) is 6.83. The zero-order valence-electron chi connectivity index (χ0n) is 13.7. The highest BCUT2D eigenvalue weighted by molar-refractivity contribution is 7.15. The molecule has 0 spiro atoms. The second kappa shape index (κ2) is 6.89. The van der Waals surface area contributed by atoms with Gasteiger partial charge in [-0.05, 0) is 24.3 Å². The summed E-state index contributed by atoms with van der Waals surface area (Å²) in [7, 11) is 0. The van der Waals surface area contributed by atoms with E-state index in [4.69, 9.17) is 4.74 Å². The van der Waals surface area contributed by atoms with Gasteiger partial charge in [-0.15, -0.1) is 5.10 Å². The molecule has 0 aliphatic heterocycles. The fraction of sp³-hybridized carbons (Fsp3) is 0.0526. The average Bonchev–Trinajstić information content (AvgIpc) is 3.22. The number of pyridine rings is 1. The van der Waals surface area contributed by atoms with E-state index in [2.05, 4.69) is 21.6 Å². The number of thiazole rings is 1. The monoisotopic (exact) mass is 362 g/mol. The fourth-order valence-corrected chi connectivity index (χ4v) is 3.37. The molecule has 6 nitrogen and oxygen atoms in total. The standard InChI is InChI=1S/C19H14N4O2S/c1-2-10-25-15-8-4-3-6-13(15)11-16-18(24)23-19(26-16)21-17(22-23)14-7-5-9-20-12-14/h2-9,11-12H,1,10H2. The van der Waals surface area contributed by atoms with Crippen molar-refractivity contribution in [1.29, 1.82) is 0 Å². The first kappa shape index (κ1) is 16.2. The van der Waals surface area contributed by atoms with E-state index in [1.807, 2.05) is 36.4 Å². The number of hydrogen-bond donors (Lipinski definition) is 0. The molecule has 3 heterocycles. The van der Waals surface area contributed by atoms with Crippen molar-refractivity contribution >= 4 is 22.4 Å². The van der Waals surface area contributed by atoms with E-state index < -0.39 is 0 Å². The number of para-hydroxylation sites is 1. The zero-order valence-corrected chi connectivity index (χ0v) is 14.5. The number of ether oxygens (including phenoxy) is 1. The van der Waals surface area contributed by atoms with Gasteiger partial charge in [0.25, 0.3) is 5.56 Å². The van der Waals surface area contributed by atoms with Crippen LogP contribution in [0.4, 0.5) is 0 Å². The second-order valence-electron chi connectivity index (χ2n) is 5.42. The van der Waals surface area contributed by atoms with Gasteiger partial charge in [0, 0.05) is 23.5 Å². The number of nitrogens with zero attached hydrogens (tertiary/aromatic N) is 4. The van der Waals surface area contributed by atoms with Crippen LogP contribution in [0.25, 0.3) is 22.4 Å². The molecule has 0 saturated carbocycles. The molecule has 0 radical (unpaired) electrons. The van der Waals surface area contributed by atoms with Gasteiger partial charge >= 0.3 is 0 Å². The highest BCUT2D eigenvalue weighted by atomic mass is 32.1. The fourth-order valence-electron chi connectivity index (χ4n) is 2.47. The molecule has 0 amide bonds. The Morgan fingerprint density at radius 1 is 1.23 bits per heavy atom. The molecule has 0 N–H and O–H groups in total. The summed E-state index contributed by atoms with van der Waals surface area (Å²) in [6.45, 7) is 4.05. The van der Waals surface area contributed by atoms with Crippen LogP contribution in [0, 0.1) is 0 Å². The molecule has 128 valence electrons. The lowest BCUT2D eigenvalue weighted by molar-refractivity contribution is 0.362. The van der Waals surface area contributed by atoms with Crippen LogP contribution < -0.4 is 14.8 Å². The van der Waals surface area contributed by atoms with Crippen molar-refractivity contribution in [2.45, 2.75) is 0 Å². The van der Waals surface area contributed by atoms with Gasteiger partial charge < -0.3 is 4.74 Å². The van der Waals surface area contributed by atoms with Crippen molar-refractivity contribution < 1.29 is 4.74 Å². The third kappa shape index (κ3) is 3.00. The van der Waals surface area contributed by atoms with Crippen molar-refractivity contribution in [2.24, 2.45) is 0 Å². The second-order valence-corrected chi connectivity index (χ2v) is 6.43. The summed E-state index contributed by atoms with van der Waals surface area (Å²) in [5.74, 6) is 1.18. The lowest BCUT2D eigenvalue weighted by Gasteiger charge is -2.05. The van der Waals surface area contributed by atoms with Gasteiger partial charge in [0.15, 0.2) is 5.82 Å². The van der Waals surface area contributed by atoms with Crippen LogP contribution in [-0.4, -0.2) is 26.2 Å². The molecular weight excluding hydrogens is 348 g/mol. The lowest BCUT2D eigenvalue weighted by atomic mass is 10.2. The Bertz CT molecular complexity index is 1180. The summed E-state index contributed by atoms with van der Waals surface area (Å²) < 4.78 is 7.51. The van der Waals surface area contributed by atoms with Crippen molar-refractivity contribution in [3.63, 3.8) is 0 Å². The van der Waals surface area contributed by atoms with Crippen LogP contribution in [0.1, 0.15) is 5.56 Å². The quantitative estimate of drug-likeness (QED) is 0.510. The van der Waals surface area contributed by atoms with Gasteiger partial charge in [-0.25, -0.2) is 0 Å². The molecule has 26 heavy (non-hydrogen) atoms. The van der Waals surface area contributed by atoms with Crippen LogP contribution >= 0.6 is 11.3 Å². The number of rotatable bonds is 5. The third-order valence-electron chi connectivity index (χ3n) is 3.66. The van der Waals surface area contributed by atoms with E-state index in [-0.39, 0.29) is 5.56 Å². The van der Waals surface area contributed by atoms with Crippen molar-refractivity contribution in [1.82, 2.24) is 19.6 Å². The molecule has 4 rings (SSSR count). The van der Waals surface area contributed by atoms with E-state index in [1.165, 1.54) is 15.9 Å². The summed E-state index contributed by atoms with van der Waals surface area (Å²) in [5.41, 5.74) is 1.39. The molecule has 0 fully saturated rings. The number of hydrogen-bond acceptors (Lipinski definition) is 6. The third-order valence-corrected chi connectivity index (χ3v) is 4.62. The van der Waals surface area contributed by atoms with Crippen LogP contribution in [0.2, 0.25) is 0 Å². The van der Waals surface area contributed by atoms with Gasteiger partial charge in [-0.3, -0.25) is 9.78 Å². The summed E-state index contributed by atoms with van der Waals surface area (Å²) in [5, 5.41) is 4.32. The largest absolute Gasteiger partial charge is 0.489 e. The van der Waals surface area contributed by atoms with E-state index in [9.17, 15) is 4.79 Å². The molecule has 0 saturated heterocycles. The molecular formula is C19H14N4O2S. The molecule has 0 unspecified atom stereocenters. The van der Waals surface area contributed by atoms with Crippen molar-refractivity contribution in [3.05, 3.63) is 81.9 Å². The summed E-state index contributed by atoms with van der Waals surface area (Å²) in [4.78, 5) is 21.7. The smallest absolute Gasteiger partial charge is 0.291 e. The van der Waals surface area contributed by atoms with E-state index in [0.29, 0.717) is 27.7 Å². The van der Waals surface area contributed by atoms with Crippen LogP contribution in [0.5, 0.6) is 5.75 Å². The predicted molar refractivity (Wildman–Crippen MR) is 101 cm³/mol. The topological polar surface area (TPSA) is 69.4 Å². The Labute approximate surface area is 152 Å². The number of benzene rings is 1. The molecule has 4 aromatic rings. The Morgan fingerprint density at radius 3 is 2.88 bits per heavy atom. The maximum atomic E-state index is 12.7. The van der Waals surface area contributed by atoms with Crippen molar-refractivity contribution in [2.75, 3.05) is 6.61 Å². The highest BCUT2D eigenvalue weighted by Crippen LogP contribution is 2.19. The summed E-state index contributed by atoms with van der Waals surface area (Å²) >= 11 is 1.29. The Kier molecular flexibility index (Phi) is 4.28. The molecule has 1 aromatic carbocycles. The van der Waals surface area contributed by atoms with Gasteiger partial charge in [0.05, 0.1) is 4.53 Å². The molecule has 0 bridgehead atoms. The Balaban J connectivity index is 1.78. The van der Waals surface area contributed by atoms with Gasteiger partial charge in [-0.1, -0.05) is 42.2 Å². The molecule has 7 heteroatoms. The van der Waals surface area contributed by atoms with Gasteiger partial charge in [0.1, 0.15) is 12.4 Å². The maximum absolute atomic E-state index is 12.7. The summed E-state index contributed by atoms with van der Waals surface area (Å²) in [6, 6.07) is 11.2. The molecule has 0 aliphatic carbocycles. The first-order valence-corrected chi connectivity index (χ1v) is 8.72. The average molecular weight is 362 g/mol. The Hall–Kier alpha value is -3.32. The zero-order chi connectivity index (χ0) is 17.9. The predicted octanol–water partition coefficient (Wildman–Crippen LogP) is 2.33. The van der Waals surface area contributed by atoms with Crippen LogP contribution in [-0.2, 0) is 0 Å². The molecule has 3 aromatic heterocycles. The SMILES string of the molecule is C=CCOc1ccccc1C=c1sc2nc(-c3cccnc3)nn2c1=O. The first-order chi connectivity index (χ1) is 12.8.